The summed E-state index contributed by atoms with van der Waals surface area (Å²) >= 11 is 0.495. The predicted octanol–water partition coefficient (Wildman–Crippen LogP) is 2.99. The number of alkyl halides is 3. The Labute approximate surface area is 115 Å². The van der Waals surface area contributed by atoms with Crippen LogP contribution >= 0.6 is 11.3 Å². The fraction of sp³-hybridized carbons (Fsp3) is 0.167. The van der Waals surface area contributed by atoms with Gasteiger partial charge in [-0.1, -0.05) is 18.2 Å². The Morgan fingerprint density at radius 2 is 2.10 bits per heavy atom. The number of carboxylic acids is 1. The van der Waals surface area contributed by atoms with E-state index in [-0.39, 0.29) is 11.6 Å². The van der Waals surface area contributed by atoms with Crippen LogP contribution in [0.1, 0.15) is 20.9 Å². The van der Waals surface area contributed by atoms with Gasteiger partial charge in [0.15, 0.2) is 5.69 Å². The Bertz CT molecular complexity index is 652. The maximum Gasteiger partial charge on any atom is 0.435 e. The second-order valence-corrected chi connectivity index (χ2v) is 4.90. The number of nitrogens with two attached hydrogens (primary N) is 1. The van der Waals surface area contributed by atoms with Crippen LogP contribution in [0.3, 0.4) is 0 Å². The molecule has 0 bridgehead atoms. The third kappa shape index (κ3) is 2.81. The first-order valence-electron chi connectivity index (χ1n) is 5.43. The smallest absolute Gasteiger partial charge is 0.435 e. The van der Waals surface area contributed by atoms with Gasteiger partial charge in [-0.25, -0.2) is 9.78 Å². The van der Waals surface area contributed by atoms with E-state index in [9.17, 15) is 18.0 Å². The largest absolute Gasteiger partial charge is 0.477 e. The molecule has 1 aromatic heterocycles. The molecule has 0 radical (unpaired) electrons. The highest BCUT2D eigenvalue weighted by atomic mass is 32.1. The van der Waals surface area contributed by atoms with Crippen molar-refractivity contribution in [1.29, 1.82) is 0 Å². The van der Waals surface area contributed by atoms with Crippen LogP contribution in [0.5, 0.6) is 0 Å². The molecule has 0 aliphatic carbocycles. The highest BCUT2D eigenvalue weighted by Crippen LogP contribution is 2.37. The van der Waals surface area contributed by atoms with E-state index in [1.165, 1.54) is 0 Å². The fourth-order valence-electron chi connectivity index (χ4n) is 1.61. The quantitative estimate of drug-likeness (QED) is 0.914. The standard InChI is InChI=1S/C12H9F3N2O2S/c13-12(14,15)9-8(11(18)19)20-10(17-9)7-3-1-2-6(4-7)5-16/h1-4H,5,16H2,(H,18,19). The highest BCUT2D eigenvalue weighted by Gasteiger charge is 2.39. The molecule has 106 valence electrons. The zero-order valence-corrected chi connectivity index (χ0v) is 10.8. The third-order valence-corrected chi connectivity index (χ3v) is 3.59. The lowest BCUT2D eigenvalue weighted by Gasteiger charge is -2.02. The van der Waals surface area contributed by atoms with Gasteiger partial charge in [-0.05, 0) is 11.6 Å². The van der Waals surface area contributed by atoms with E-state index in [1.54, 1.807) is 24.3 Å². The van der Waals surface area contributed by atoms with Crippen molar-refractivity contribution < 1.29 is 23.1 Å². The number of carbonyl (C=O) groups is 1. The molecule has 0 fully saturated rings. The van der Waals surface area contributed by atoms with Crippen LogP contribution in [-0.4, -0.2) is 16.1 Å². The molecule has 0 saturated carbocycles. The average Bonchev–Trinajstić information content (AvgIpc) is 2.84. The van der Waals surface area contributed by atoms with E-state index in [0.29, 0.717) is 16.9 Å². The minimum Gasteiger partial charge on any atom is -0.477 e. The zero-order chi connectivity index (χ0) is 14.9. The van der Waals surface area contributed by atoms with Crippen LogP contribution < -0.4 is 5.73 Å². The van der Waals surface area contributed by atoms with Crippen LogP contribution in [-0.2, 0) is 12.7 Å². The summed E-state index contributed by atoms with van der Waals surface area (Å²) in [6, 6.07) is 6.50. The van der Waals surface area contributed by atoms with Crippen LogP contribution in [0.2, 0.25) is 0 Å². The number of hydrogen-bond acceptors (Lipinski definition) is 4. The van der Waals surface area contributed by atoms with Crippen molar-refractivity contribution >= 4 is 17.3 Å². The van der Waals surface area contributed by atoms with Gasteiger partial charge in [-0.2, -0.15) is 13.2 Å². The second kappa shape index (κ2) is 5.22. The van der Waals surface area contributed by atoms with Gasteiger partial charge < -0.3 is 10.8 Å². The molecular formula is C12H9F3N2O2S. The first-order chi connectivity index (χ1) is 9.32. The third-order valence-electron chi connectivity index (χ3n) is 2.50. The second-order valence-electron chi connectivity index (χ2n) is 3.90. The summed E-state index contributed by atoms with van der Waals surface area (Å²) in [4.78, 5) is 13.5. The molecule has 0 aliphatic rings. The Hall–Kier alpha value is -1.93. The van der Waals surface area contributed by atoms with E-state index in [4.69, 9.17) is 10.8 Å². The lowest BCUT2D eigenvalue weighted by molar-refractivity contribution is -0.141. The molecule has 0 amide bonds. The summed E-state index contributed by atoms with van der Waals surface area (Å²) in [5, 5.41) is 8.85. The first-order valence-corrected chi connectivity index (χ1v) is 6.25. The lowest BCUT2D eigenvalue weighted by atomic mass is 10.1. The maximum atomic E-state index is 12.7. The highest BCUT2D eigenvalue weighted by molar-refractivity contribution is 7.17. The van der Waals surface area contributed by atoms with Gasteiger partial charge in [0.25, 0.3) is 0 Å². The Morgan fingerprint density at radius 3 is 2.60 bits per heavy atom. The monoisotopic (exact) mass is 302 g/mol. The van der Waals surface area contributed by atoms with Crippen molar-refractivity contribution in [3.63, 3.8) is 0 Å². The van der Waals surface area contributed by atoms with Crippen LogP contribution in [0.4, 0.5) is 13.2 Å². The first kappa shape index (κ1) is 14.5. The zero-order valence-electron chi connectivity index (χ0n) is 9.94. The van der Waals surface area contributed by atoms with E-state index in [1.807, 2.05) is 0 Å². The van der Waals surface area contributed by atoms with Crippen LogP contribution in [0.15, 0.2) is 24.3 Å². The molecule has 2 aromatic rings. The minimum absolute atomic E-state index is 0.00465. The molecule has 3 N–H and O–H groups in total. The van der Waals surface area contributed by atoms with Crippen molar-refractivity contribution in [1.82, 2.24) is 4.98 Å². The molecule has 20 heavy (non-hydrogen) atoms. The molecule has 0 spiro atoms. The summed E-state index contributed by atoms with van der Waals surface area (Å²) in [5.41, 5.74) is 5.22. The van der Waals surface area contributed by atoms with Crippen molar-refractivity contribution in [2.45, 2.75) is 12.7 Å². The van der Waals surface area contributed by atoms with Gasteiger partial charge in [-0.3, -0.25) is 0 Å². The van der Waals surface area contributed by atoms with Gasteiger partial charge >= 0.3 is 12.1 Å². The number of rotatable bonds is 3. The molecule has 0 aliphatic heterocycles. The Morgan fingerprint density at radius 1 is 1.40 bits per heavy atom. The number of aromatic carboxylic acids is 1. The van der Waals surface area contributed by atoms with Crippen molar-refractivity contribution in [2.75, 3.05) is 0 Å². The van der Waals surface area contributed by atoms with Crippen LogP contribution in [0, 0.1) is 0 Å². The van der Waals surface area contributed by atoms with Gasteiger partial charge in [0.05, 0.1) is 0 Å². The number of halogens is 3. The van der Waals surface area contributed by atoms with Crippen LogP contribution in [0.25, 0.3) is 10.6 Å². The molecule has 1 aromatic carbocycles. The average molecular weight is 302 g/mol. The molecule has 2 rings (SSSR count). The molecule has 4 nitrogen and oxygen atoms in total. The molecule has 1 heterocycles. The summed E-state index contributed by atoms with van der Waals surface area (Å²) < 4.78 is 38.2. The Kier molecular flexibility index (Phi) is 3.78. The van der Waals surface area contributed by atoms with Gasteiger partial charge in [0.2, 0.25) is 0 Å². The molecule has 0 atom stereocenters. The molecule has 0 saturated heterocycles. The normalized spacial score (nSPS) is 11.6. The number of benzene rings is 1. The topological polar surface area (TPSA) is 76.2 Å². The van der Waals surface area contributed by atoms with Gasteiger partial charge in [0.1, 0.15) is 9.88 Å². The summed E-state index contributed by atoms with van der Waals surface area (Å²) in [6.45, 7) is 0.233. The predicted molar refractivity (Wildman–Crippen MR) is 67.4 cm³/mol. The van der Waals surface area contributed by atoms with E-state index in [0.717, 1.165) is 5.56 Å². The number of carboxylic acid groups (broad SMARTS) is 1. The van der Waals surface area contributed by atoms with E-state index >= 15 is 0 Å². The molecule has 0 unspecified atom stereocenters. The lowest BCUT2D eigenvalue weighted by Crippen LogP contribution is -2.11. The van der Waals surface area contributed by atoms with E-state index in [2.05, 4.69) is 4.98 Å². The summed E-state index contributed by atoms with van der Waals surface area (Å²) in [7, 11) is 0. The summed E-state index contributed by atoms with van der Waals surface area (Å²) in [5.74, 6) is -1.64. The maximum absolute atomic E-state index is 12.7. The van der Waals surface area contributed by atoms with Gasteiger partial charge in [-0.15, -0.1) is 11.3 Å². The van der Waals surface area contributed by atoms with Crippen molar-refractivity contribution in [3.8, 4) is 10.6 Å². The number of nitrogens with zero attached hydrogens (tertiary/aromatic N) is 1. The number of thiazole rings is 1. The number of aromatic nitrogens is 1. The van der Waals surface area contributed by atoms with Gasteiger partial charge in [0, 0.05) is 12.1 Å². The van der Waals surface area contributed by atoms with Crippen molar-refractivity contribution in [2.24, 2.45) is 5.73 Å². The molecule has 8 heteroatoms. The SMILES string of the molecule is NCc1cccc(-c2nc(C(F)(F)F)c(C(=O)O)s2)c1. The Balaban J connectivity index is 2.56. The molecular weight excluding hydrogens is 293 g/mol. The number of hydrogen-bond donors (Lipinski definition) is 2. The van der Waals surface area contributed by atoms with E-state index < -0.39 is 22.7 Å². The summed E-state index contributed by atoms with van der Waals surface area (Å²) in [6.07, 6.45) is -4.80. The fourth-order valence-corrected chi connectivity index (χ4v) is 2.53. The minimum atomic E-state index is -4.80. The van der Waals surface area contributed by atoms with Crippen molar-refractivity contribution in [3.05, 3.63) is 40.4 Å².